The Kier molecular flexibility index (Phi) is 6.49. The van der Waals surface area contributed by atoms with Crippen LogP contribution in [0.4, 0.5) is 4.39 Å². The zero-order chi connectivity index (χ0) is 15.2. The Balaban J connectivity index is 2.76. The van der Waals surface area contributed by atoms with Crippen molar-refractivity contribution in [2.75, 3.05) is 12.4 Å². The summed E-state index contributed by atoms with van der Waals surface area (Å²) in [6.07, 6.45) is 0. The van der Waals surface area contributed by atoms with E-state index >= 15 is 0 Å². The maximum atomic E-state index is 13.2. The molecule has 20 heavy (non-hydrogen) atoms. The molecule has 0 bridgehead atoms. The number of benzene rings is 1. The molecule has 1 aromatic rings. The van der Waals surface area contributed by atoms with Gasteiger partial charge in [0.25, 0.3) is 0 Å². The fourth-order valence-corrected chi connectivity index (χ4v) is 2.90. The van der Waals surface area contributed by atoms with Crippen LogP contribution in [-0.4, -0.2) is 29.9 Å². The van der Waals surface area contributed by atoms with Crippen LogP contribution in [0.5, 0.6) is 0 Å². The third-order valence-electron chi connectivity index (χ3n) is 2.66. The van der Waals surface area contributed by atoms with E-state index in [1.807, 2.05) is 26.8 Å². The molecule has 5 heteroatoms. The highest BCUT2D eigenvalue weighted by atomic mass is 32.2. The average Bonchev–Trinajstić information content (AvgIpc) is 2.36. The first kappa shape index (κ1) is 17.0. The highest BCUT2D eigenvalue weighted by Gasteiger charge is 2.35. The van der Waals surface area contributed by atoms with E-state index in [1.54, 1.807) is 13.0 Å². The zero-order valence-corrected chi connectivity index (χ0v) is 13.2. The summed E-state index contributed by atoms with van der Waals surface area (Å²) in [6, 6.07) is 6.51. The van der Waals surface area contributed by atoms with Crippen molar-refractivity contribution in [1.29, 1.82) is 0 Å². The van der Waals surface area contributed by atoms with Gasteiger partial charge >= 0.3 is 5.97 Å². The lowest BCUT2D eigenvalue weighted by Gasteiger charge is -2.30. The van der Waals surface area contributed by atoms with E-state index in [-0.39, 0.29) is 17.8 Å². The molecule has 1 N–H and O–H groups in total. The zero-order valence-electron chi connectivity index (χ0n) is 12.4. The Hall–Kier alpha value is -1.07. The molecule has 1 atom stereocenters. The predicted molar refractivity (Wildman–Crippen MR) is 80.4 cm³/mol. The molecule has 0 amide bonds. The Morgan fingerprint density at radius 3 is 2.75 bits per heavy atom. The first-order valence-corrected chi connectivity index (χ1v) is 7.69. The van der Waals surface area contributed by atoms with Crippen LogP contribution in [0.3, 0.4) is 0 Å². The summed E-state index contributed by atoms with van der Waals surface area (Å²) in [7, 11) is 0. The van der Waals surface area contributed by atoms with Gasteiger partial charge in [0.2, 0.25) is 0 Å². The van der Waals surface area contributed by atoms with E-state index in [1.165, 1.54) is 23.9 Å². The largest absolute Gasteiger partial charge is 0.465 e. The smallest absolute Gasteiger partial charge is 0.326 e. The van der Waals surface area contributed by atoms with Gasteiger partial charge in [-0.25, -0.2) is 4.39 Å². The van der Waals surface area contributed by atoms with E-state index in [9.17, 15) is 9.18 Å². The van der Waals surface area contributed by atoms with Gasteiger partial charge in [0.05, 0.1) is 6.61 Å². The first-order valence-electron chi connectivity index (χ1n) is 6.70. The topological polar surface area (TPSA) is 38.3 Å². The lowest BCUT2D eigenvalue weighted by molar-refractivity contribution is -0.149. The van der Waals surface area contributed by atoms with Gasteiger partial charge in [0, 0.05) is 16.7 Å². The lowest BCUT2D eigenvalue weighted by Crippen LogP contribution is -2.55. The molecule has 0 saturated heterocycles. The minimum Gasteiger partial charge on any atom is -0.465 e. The number of carbonyl (C=O) groups excluding carboxylic acids is 1. The number of thioether (sulfide) groups is 1. The van der Waals surface area contributed by atoms with Gasteiger partial charge in [-0.2, -0.15) is 0 Å². The van der Waals surface area contributed by atoms with E-state index in [0.29, 0.717) is 12.4 Å². The number of nitrogens with one attached hydrogen (secondary N) is 1. The fraction of sp³-hybridized carbons (Fsp3) is 0.533. The van der Waals surface area contributed by atoms with Gasteiger partial charge in [0.15, 0.2) is 0 Å². The fourth-order valence-electron chi connectivity index (χ4n) is 1.87. The Labute approximate surface area is 124 Å². The molecule has 0 aliphatic rings. The number of esters is 1. The summed E-state index contributed by atoms with van der Waals surface area (Å²) in [5, 5.41) is 3.24. The highest BCUT2D eigenvalue weighted by molar-refractivity contribution is 7.99. The number of ether oxygens (including phenoxy) is 1. The third kappa shape index (κ3) is 5.13. The molecular weight excluding hydrogens is 277 g/mol. The van der Waals surface area contributed by atoms with E-state index in [0.717, 1.165) is 4.90 Å². The van der Waals surface area contributed by atoms with E-state index < -0.39 is 5.54 Å². The number of rotatable bonds is 7. The lowest BCUT2D eigenvalue weighted by atomic mass is 10.0. The molecule has 1 unspecified atom stereocenters. The Bertz CT molecular complexity index is 453. The van der Waals surface area contributed by atoms with Crippen LogP contribution in [0.1, 0.15) is 27.7 Å². The van der Waals surface area contributed by atoms with Crippen LogP contribution in [0, 0.1) is 5.82 Å². The molecule has 0 aromatic heterocycles. The van der Waals surface area contributed by atoms with Crippen LogP contribution in [-0.2, 0) is 9.53 Å². The summed E-state index contributed by atoms with van der Waals surface area (Å²) >= 11 is 1.43. The predicted octanol–water partition coefficient (Wildman–Crippen LogP) is 3.24. The first-order chi connectivity index (χ1) is 9.37. The van der Waals surface area contributed by atoms with Crippen molar-refractivity contribution in [2.45, 2.75) is 44.2 Å². The molecule has 0 spiro atoms. The summed E-state index contributed by atoms with van der Waals surface area (Å²) in [6.45, 7) is 7.90. The maximum absolute atomic E-state index is 13.2. The molecule has 0 radical (unpaired) electrons. The summed E-state index contributed by atoms with van der Waals surface area (Å²) in [4.78, 5) is 12.9. The molecular formula is C15H22FNO2S. The average molecular weight is 299 g/mol. The van der Waals surface area contributed by atoms with Gasteiger partial charge in [-0.05, 0) is 45.9 Å². The van der Waals surface area contributed by atoms with Crippen molar-refractivity contribution < 1.29 is 13.9 Å². The van der Waals surface area contributed by atoms with Crippen molar-refractivity contribution in [1.82, 2.24) is 5.32 Å². The van der Waals surface area contributed by atoms with E-state index in [4.69, 9.17) is 4.74 Å². The van der Waals surface area contributed by atoms with E-state index in [2.05, 4.69) is 5.32 Å². The number of hydrogen-bond donors (Lipinski definition) is 1. The van der Waals surface area contributed by atoms with Gasteiger partial charge in [0.1, 0.15) is 11.4 Å². The summed E-state index contributed by atoms with van der Waals surface area (Å²) in [5.41, 5.74) is -0.791. The monoisotopic (exact) mass is 299 g/mol. The van der Waals surface area contributed by atoms with Crippen LogP contribution in [0.25, 0.3) is 0 Å². The second kappa shape index (κ2) is 7.64. The van der Waals surface area contributed by atoms with Crippen molar-refractivity contribution in [2.24, 2.45) is 0 Å². The van der Waals surface area contributed by atoms with Crippen molar-refractivity contribution in [3.63, 3.8) is 0 Å². The molecule has 0 heterocycles. The molecule has 1 aromatic carbocycles. The molecule has 0 aliphatic carbocycles. The summed E-state index contributed by atoms with van der Waals surface area (Å²) < 4.78 is 18.3. The molecule has 3 nitrogen and oxygen atoms in total. The van der Waals surface area contributed by atoms with Gasteiger partial charge in [-0.15, -0.1) is 11.8 Å². The Morgan fingerprint density at radius 2 is 2.20 bits per heavy atom. The minimum atomic E-state index is -0.791. The summed E-state index contributed by atoms with van der Waals surface area (Å²) in [5.74, 6) is -0.0738. The Morgan fingerprint density at radius 1 is 1.50 bits per heavy atom. The highest BCUT2D eigenvalue weighted by Crippen LogP contribution is 2.24. The second-order valence-corrected chi connectivity index (χ2v) is 6.15. The van der Waals surface area contributed by atoms with Gasteiger partial charge in [-0.1, -0.05) is 6.07 Å². The number of carbonyl (C=O) groups is 1. The van der Waals surface area contributed by atoms with Crippen LogP contribution < -0.4 is 5.32 Å². The van der Waals surface area contributed by atoms with Crippen molar-refractivity contribution >= 4 is 17.7 Å². The molecule has 112 valence electrons. The normalized spacial score (nSPS) is 14.1. The number of halogens is 1. The van der Waals surface area contributed by atoms with Crippen molar-refractivity contribution in [3.8, 4) is 0 Å². The molecule has 0 fully saturated rings. The quantitative estimate of drug-likeness (QED) is 0.619. The minimum absolute atomic E-state index is 0.150. The second-order valence-electron chi connectivity index (χ2n) is 5.10. The van der Waals surface area contributed by atoms with Crippen molar-refractivity contribution in [3.05, 3.63) is 30.1 Å². The van der Waals surface area contributed by atoms with Crippen LogP contribution in [0.2, 0.25) is 0 Å². The molecule has 0 aliphatic heterocycles. The standard InChI is InChI=1S/C15H22FNO2S/c1-5-19-14(18)15(4,17-11(2)3)10-20-13-8-6-7-12(16)9-13/h6-9,11,17H,5,10H2,1-4H3. The maximum Gasteiger partial charge on any atom is 0.326 e. The third-order valence-corrected chi connectivity index (χ3v) is 3.97. The molecule has 1 rings (SSSR count). The van der Waals surface area contributed by atoms with Gasteiger partial charge < -0.3 is 4.74 Å². The van der Waals surface area contributed by atoms with Gasteiger partial charge in [-0.3, -0.25) is 10.1 Å². The molecule has 0 saturated carbocycles. The number of hydrogen-bond acceptors (Lipinski definition) is 4. The SMILES string of the molecule is CCOC(=O)C(C)(CSc1cccc(F)c1)NC(C)C. The van der Waals surface area contributed by atoms with Crippen LogP contribution in [0.15, 0.2) is 29.2 Å². The van der Waals surface area contributed by atoms with Crippen LogP contribution >= 0.6 is 11.8 Å².